The van der Waals surface area contributed by atoms with E-state index in [1.54, 1.807) is 0 Å². The molecular weight excluding hydrogens is 284 g/mol. The van der Waals surface area contributed by atoms with Gasteiger partial charge in [-0.05, 0) is 50.3 Å². The van der Waals surface area contributed by atoms with E-state index in [1.165, 1.54) is 24.0 Å². The van der Waals surface area contributed by atoms with Crippen molar-refractivity contribution in [3.63, 3.8) is 0 Å². The lowest BCUT2D eigenvalue weighted by Gasteiger charge is -2.23. The second-order valence-electron chi connectivity index (χ2n) is 5.83. The van der Waals surface area contributed by atoms with Gasteiger partial charge in [0.15, 0.2) is 0 Å². The van der Waals surface area contributed by atoms with E-state index in [9.17, 15) is 8.42 Å². The normalized spacial score (nSPS) is 19.6. The van der Waals surface area contributed by atoms with Crippen molar-refractivity contribution >= 4 is 10.0 Å². The quantitative estimate of drug-likeness (QED) is 0.810. The standard InChI is InChI=1S/C16H26N2O2S/c1-14-6-2-3-7-15(14)9-12-18-21(19,20)13-10-16-8-4-5-11-17-16/h2-3,6-7,16-18H,4-5,8-13H2,1H3. The third kappa shape index (κ3) is 5.77. The highest BCUT2D eigenvalue weighted by atomic mass is 32.2. The highest BCUT2D eigenvalue weighted by Gasteiger charge is 2.17. The Kier molecular flexibility index (Phi) is 6.21. The van der Waals surface area contributed by atoms with E-state index < -0.39 is 10.0 Å². The first-order valence-electron chi connectivity index (χ1n) is 7.82. The van der Waals surface area contributed by atoms with E-state index in [0.717, 1.165) is 19.4 Å². The van der Waals surface area contributed by atoms with Crippen molar-refractivity contribution in [3.05, 3.63) is 35.4 Å². The van der Waals surface area contributed by atoms with E-state index in [0.29, 0.717) is 19.0 Å². The monoisotopic (exact) mass is 310 g/mol. The molecule has 0 aromatic heterocycles. The Morgan fingerprint density at radius 3 is 2.81 bits per heavy atom. The van der Waals surface area contributed by atoms with Gasteiger partial charge in [0.25, 0.3) is 0 Å². The van der Waals surface area contributed by atoms with E-state index in [1.807, 2.05) is 12.1 Å². The molecule has 1 aliphatic rings. The minimum Gasteiger partial charge on any atom is -0.314 e. The molecule has 0 saturated carbocycles. The van der Waals surface area contributed by atoms with Crippen molar-refractivity contribution in [2.24, 2.45) is 0 Å². The van der Waals surface area contributed by atoms with Crippen molar-refractivity contribution in [2.45, 2.75) is 45.1 Å². The van der Waals surface area contributed by atoms with Crippen LogP contribution in [-0.4, -0.2) is 33.3 Å². The minimum atomic E-state index is -3.15. The Morgan fingerprint density at radius 1 is 1.29 bits per heavy atom. The average molecular weight is 310 g/mol. The van der Waals surface area contributed by atoms with Crippen LogP contribution in [0.15, 0.2) is 24.3 Å². The first-order valence-corrected chi connectivity index (χ1v) is 9.47. The minimum absolute atomic E-state index is 0.221. The van der Waals surface area contributed by atoms with Crippen molar-refractivity contribution in [3.8, 4) is 0 Å². The molecule has 0 spiro atoms. The molecule has 1 aromatic carbocycles. The molecule has 5 heteroatoms. The zero-order chi connectivity index (χ0) is 15.1. The van der Waals surface area contributed by atoms with Crippen LogP contribution < -0.4 is 10.0 Å². The zero-order valence-electron chi connectivity index (χ0n) is 12.8. The van der Waals surface area contributed by atoms with Gasteiger partial charge in [0.2, 0.25) is 10.0 Å². The van der Waals surface area contributed by atoms with Gasteiger partial charge in [-0.25, -0.2) is 13.1 Å². The summed E-state index contributed by atoms with van der Waals surface area (Å²) in [4.78, 5) is 0. The van der Waals surface area contributed by atoms with Gasteiger partial charge in [0.1, 0.15) is 0 Å². The summed E-state index contributed by atoms with van der Waals surface area (Å²) in [7, 11) is -3.15. The first kappa shape index (κ1) is 16.5. The smallest absolute Gasteiger partial charge is 0.211 e. The number of piperidine rings is 1. The molecule has 1 aliphatic heterocycles. The summed E-state index contributed by atoms with van der Waals surface area (Å²) in [5.74, 6) is 0.221. The Hall–Kier alpha value is -0.910. The Bertz CT molecular complexity index is 537. The Labute approximate surface area is 128 Å². The van der Waals surface area contributed by atoms with Gasteiger partial charge in [-0.1, -0.05) is 30.7 Å². The molecule has 0 radical (unpaired) electrons. The second kappa shape index (κ2) is 7.92. The Morgan fingerprint density at radius 2 is 2.10 bits per heavy atom. The first-order chi connectivity index (χ1) is 10.1. The lowest BCUT2D eigenvalue weighted by atomic mass is 10.0. The maximum atomic E-state index is 12.0. The molecule has 0 bridgehead atoms. The van der Waals surface area contributed by atoms with Crippen LogP contribution in [0.25, 0.3) is 0 Å². The maximum Gasteiger partial charge on any atom is 0.211 e. The fourth-order valence-corrected chi connectivity index (χ4v) is 3.92. The molecular formula is C16H26N2O2S. The summed E-state index contributed by atoms with van der Waals surface area (Å²) in [6, 6.07) is 8.46. The van der Waals surface area contributed by atoms with Crippen LogP contribution in [0.3, 0.4) is 0 Å². The topological polar surface area (TPSA) is 58.2 Å². The molecule has 0 aliphatic carbocycles. The van der Waals surface area contributed by atoms with E-state index in [-0.39, 0.29) is 5.75 Å². The molecule has 1 saturated heterocycles. The van der Waals surface area contributed by atoms with Gasteiger partial charge in [-0.2, -0.15) is 0 Å². The third-order valence-corrected chi connectivity index (χ3v) is 5.54. The summed E-state index contributed by atoms with van der Waals surface area (Å²) in [5.41, 5.74) is 2.41. The number of benzene rings is 1. The number of rotatable bonds is 7. The molecule has 1 atom stereocenters. The molecule has 21 heavy (non-hydrogen) atoms. The number of nitrogens with one attached hydrogen (secondary N) is 2. The summed E-state index contributed by atoms with van der Waals surface area (Å²) in [5, 5.41) is 3.39. The van der Waals surface area contributed by atoms with Crippen LogP contribution in [0.1, 0.15) is 36.8 Å². The highest BCUT2D eigenvalue weighted by molar-refractivity contribution is 7.89. The van der Waals surface area contributed by atoms with Gasteiger partial charge < -0.3 is 5.32 Å². The SMILES string of the molecule is Cc1ccccc1CCNS(=O)(=O)CCC1CCCCN1. The van der Waals surface area contributed by atoms with Gasteiger partial charge in [-0.3, -0.25) is 0 Å². The number of hydrogen-bond acceptors (Lipinski definition) is 3. The molecule has 0 amide bonds. The van der Waals surface area contributed by atoms with E-state index in [4.69, 9.17) is 0 Å². The predicted molar refractivity (Wildman–Crippen MR) is 86.9 cm³/mol. The largest absolute Gasteiger partial charge is 0.314 e. The molecule has 1 aromatic rings. The number of hydrogen-bond donors (Lipinski definition) is 2. The molecule has 2 N–H and O–H groups in total. The predicted octanol–water partition coefficient (Wildman–Crippen LogP) is 1.99. The van der Waals surface area contributed by atoms with Crippen molar-refractivity contribution < 1.29 is 8.42 Å². The fraction of sp³-hybridized carbons (Fsp3) is 0.625. The van der Waals surface area contributed by atoms with Crippen molar-refractivity contribution in [1.29, 1.82) is 0 Å². The van der Waals surface area contributed by atoms with Crippen LogP contribution in [0, 0.1) is 6.92 Å². The molecule has 1 fully saturated rings. The second-order valence-corrected chi connectivity index (χ2v) is 7.75. The summed E-state index contributed by atoms with van der Waals surface area (Å²) < 4.78 is 26.7. The van der Waals surface area contributed by atoms with Crippen LogP contribution in [0.5, 0.6) is 0 Å². The van der Waals surface area contributed by atoms with E-state index >= 15 is 0 Å². The number of sulfonamides is 1. The van der Waals surface area contributed by atoms with Gasteiger partial charge in [-0.15, -0.1) is 0 Å². The molecule has 1 heterocycles. The average Bonchev–Trinajstić information content (AvgIpc) is 2.48. The van der Waals surface area contributed by atoms with Crippen LogP contribution in [0.2, 0.25) is 0 Å². The van der Waals surface area contributed by atoms with Crippen LogP contribution in [-0.2, 0) is 16.4 Å². The number of aryl methyl sites for hydroxylation is 1. The Balaban J connectivity index is 1.72. The molecule has 1 unspecified atom stereocenters. The molecule has 4 nitrogen and oxygen atoms in total. The van der Waals surface area contributed by atoms with Crippen LogP contribution >= 0.6 is 0 Å². The maximum absolute atomic E-state index is 12.0. The van der Waals surface area contributed by atoms with E-state index in [2.05, 4.69) is 29.1 Å². The third-order valence-electron chi connectivity index (χ3n) is 4.12. The van der Waals surface area contributed by atoms with Gasteiger partial charge >= 0.3 is 0 Å². The zero-order valence-corrected chi connectivity index (χ0v) is 13.6. The van der Waals surface area contributed by atoms with Crippen LogP contribution in [0.4, 0.5) is 0 Å². The summed E-state index contributed by atoms with van der Waals surface area (Å²) in [6.45, 7) is 3.55. The lowest BCUT2D eigenvalue weighted by Crippen LogP contribution is -2.37. The highest BCUT2D eigenvalue weighted by Crippen LogP contribution is 2.11. The fourth-order valence-electron chi connectivity index (χ4n) is 2.77. The lowest BCUT2D eigenvalue weighted by molar-refractivity contribution is 0.392. The summed E-state index contributed by atoms with van der Waals surface area (Å²) >= 11 is 0. The van der Waals surface area contributed by atoms with Gasteiger partial charge in [0, 0.05) is 12.6 Å². The molecule has 2 rings (SSSR count). The molecule has 118 valence electrons. The van der Waals surface area contributed by atoms with Crippen molar-refractivity contribution in [1.82, 2.24) is 10.0 Å². The van der Waals surface area contributed by atoms with Gasteiger partial charge in [0.05, 0.1) is 5.75 Å². The summed E-state index contributed by atoms with van der Waals surface area (Å²) in [6.07, 6.45) is 4.96. The van der Waals surface area contributed by atoms with Crippen molar-refractivity contribution in [2.75, 3.05) is 18.8 Å².